The first-order chi connectivity index (χ1) is 11.0. The first-order valence-electron chi connectivity index (χ1n) is 7.39. The number of nitrogens with zero attached hydrogens (tertiary/aromatic N) is 4. The lowest BCUT2D eigenvalue weighted by molar-refractivity contribution is 0.576. The summed E-state index contributed by atoms with van der Waals surface area (Å²) in [5.41, 5.74) is 1.71. The van der Waals surface area contributed by atoms with Gasteiger partial charge in [0.15, 0.2) is 5.82 Å². The Labute approximate surface area is 147 Å². The predicted octanol–water partition coefficient (Wildman–Crippen LogP) is 4.50. The third kappa shape index (κ3) is 2.84. The summed E-state index contributed by atoms with van der Waals surface area (Å²) >= 11 is 9.51. The van der Waals surface area contributed by atoms with E-state index in [1.165, 1.54) is 6.42 Å². The van der Waals surface area contributed by atoms with Gasteiger partial charge in [-0.25, -0.2) is 4.39 Å². The number of nitriles is 1. The molecule has 4 nitrogen and oxygen atoms in total. The summed E-state index contributed by atoms with van der Waals surface area (Å²) in [6.45, 7) is 1.70. The number of aryl methyl sites for hydroxylation is 1. The molecule has 1 aromatic heterocycles. The molecule has 0 bridgehead atoms. The van der Waals surface area contributed by atoms with Gasteiger partial charge in [-0.1, -0.05) is 11.6 Å². The van der Waals surface area contributed by atoms with Crippen LogP contribution in [0.2, 0.25) is 5.02 Å². The SMILES string of the molecule is Cn1ncc(Br)c1-c1c(F)c(Cl)cc(N2CCCCC2)c1C#N. The Hall–Kier alpha value is -1.58. The monoisotopic (exact) mass is 396 g/mol. The molecule has 1 aromatic carbocycles. The molecule has 1 saturated heterocycles. The van der Waals surface area contributed by atoms with E-state index < -0.39 is 5.82 Å². The van der Waals surface area contributed by atoms with Crippen LogP contribution in [0.5, 0.6) is 0 Å². The molecule has 0 atom stereocenters. The zero-order valence-corrected chi connectivity index (χ0v) is 15.0. The molecule has 0 spiro atoms. The van der Waals surface area contributed by atoms with E-state index in [0.717, 1.165) is 25.9 Å². The molecular formula is C16H15BrClFN4. The summed E-state index contributed by atoms with van der Waals surface area (Å²) < 4.78 is 16.9. The summed E-state index contributed by atoms with van der Waals surface area (Å²) in [5.74, 6) is -0.590. The largest absolute Gasteiger partial charge is 0.370 e. The molecule has 0 radical (unpaired) electrons. The molecule has 0 amide bonds. The Kier molecular flexibility index (Phi) is 4.60. The van der Waals surface area contributed by atoms with E-state index in [0.29, 0.717) is 21.4 Å². The van der Waals surface area contributed by atoms with E-state index in [-0.39, 0.29) is 10.6 Å². The molecule has 3 rings (SSSR count). The maximum atomic E-state index is 14.8. The molecule has 0 N–H and O–H groups in total. The Bertz CT molecular complexity index is 771. The number of hydrogen-bond donors (Lipinski definition) is 0. The highest BCUT2D eigenvalue weighted by Crippen LogP contribution is 2.40. The van der Waals surface area contributed by atoms with Gasteiger partial charge >= 0.3 is 0 Å². The highest BCUT2D eigenvalue weighted by molar-refractivity contribution is 9.10. The summed E-state index contributed by atoms with van der Waals surface area (Å²) in [6, 6.07) is 3.73. The minimum absolute atomic E-state index is 0.0210. The van der Waals surface area contributed by atoms with Gasteiger partial charge in [0.05, 0.1) is 38.2 Å². The highest BCUT2D eigenvalue weighted by atomic mass is 79.9. The van der Waals surface area contributed by atoms with Crippen LogP contribution in [-0.4, -0.2) is 22.9 Å². The van der Waals surface area contributed by atoms with Gasteiger partial charge in [-0.3, -0.25) is 4.68 Å². The van der Waals surface area contributed by atoms with Crippen LogP contribution in [0.15, 0.2) is 16.7 Å². The molecule has 2 aromatic rings. The van der Waals surface area contributed by atoms with Crippen LogP contribution >= 0.6 is 27.5 Å². The fourth-order valence-electron chi connectivity index (χ4n) is 3.02. The Morgan fingerprint density at radius 2 is 2.04 bits per heavy atom. The number of benzene rings is 1. The van der Waals surface area contributed by atoms with Gasteiger partial charge in [-0.2, -0.15) is 10.4 Å². The van der Waals surface area contributed by atoms with Gasteiger partial charge in [0.2, 0.25) is 0 Å². The zero-order valence-electron chi connectivity index (χ0n) is 12.6. The quantitative estimate of drug-likeness (QED) is 0.749. The number of anilines is 1. The standard InChI is InChI=1S/C16H15BrClFN4/c1-22-16(11(17)9-21-22)14-10(8-20)13(7-12(18)15(14)19)23-5-3-2-4-6-23/h7,9H,2-6H2,1H3. The first-order valence-corrected chi connectivity index (χ1v) is 8.56. The number of halogens is 3. The molecule has 2 heterocycles. The molecule has 0 unspecified atom stereocenters. The Balaban J connectivity index is 2.27. The van der Waals surface area contributed by atoms with Crippen LogP contribution in [-0.2, 0) is 7.05 Å². The van der Waals surface area contributed by atoms with Gasteiger partial charge < -0.3 is 4.90 Å². The van der Waals surface area contributed by atoms with Crippen LogP contribution in [0.25, 0.3) is 11.3 Å². The van der Waals surface area contributed by atoms with E-state index in [1.807, 2.05) is 0 Å². The van der Waals surface area contributed by atoms with Crippen molar-refractivity contribution in [3.05, 3.63) is 33.1 Å². The lowest BCUT2D eigenvalue weighted by Gasteiger charge is -2.30. The second-order valence-corrected chi connectivity index (χ2v) is 6.83. The Morgan fingerprint density at radius 3 is 2.61 bits per heavy atom. The minimum atomic E-state index is -0.590. The van der Waals surface area contributed by atoms with Gasteiger partial charge in [0.25, 0.3) is 0 Å². The highest BCUT2D eigenvalue weighted by Gasteiger charge is 2.26. The van der Waals surface area contributed by atoms with Crippen molar-refractivity contribution >= 4 is 33.2 Å². The van der Waals surface area contributed by atoms with Crippen molar-refractivity contribution in [2.45, 2.75) is 19.3 Å². The minimum Gasteiger partial charge on any atom is -0.370 e. The lowest BCUT2D eigenvalue weighted by atomic mass is 10.00. The fourth-order valence-corrected chi connectivity index (χ4v) is 3.77. The van der Waals surface area contributed by atoms with Crippen LogP contribution in [0.4, 0.5) is 10.1 Å². The topological polar surface area (TPSA) is 44.9 Å². The second-order valence-electron chi connectivity index (χ2n) is 5.57. The molecular weight excluding hydrogens is 383 g/mol. The molecule has 7 heteroatoms. The maximum absolute atomic E-state index is 14.8. The van der Waals surface area contributed by atoms with E-state index in [9.17, 15) is 9.65 Å². The summed E-state index contributed by atoms with van der Waals surface area (Å²) in [4.78, 5) is 2.11. The second kappa shape index (κ2) is 6.50. The van der Waals surface area contributed by atoms with Crippen LogP contribution in [0.3, 0.4) is 0 Å². The van der Waals surface area contributed by atoms with Crippen molar-refractivity contribution < 1.29 is 4.39 Å². The first kappa shape index (κ1) is 16.3. The number of rotatable bonds is 2. The molecule has 1 aliphatic heterocycles. The number of aromatic nitrogens is 2. The van der Waals surface area contributed by atoms with E-state index in [1.54, 1.807) is 24.0 Å². The van der Waals surface area contributed by atoms with Gasteiger partial charge in [-0.05, 0) is 41.3 Å². The molecule has 23 heavy (non-hydrogen) atoms. The van der Waals surface area contributed by atoms with Gasteiger partial charge in [0, 0.05) is 20.1 Å². The average Bonchev–Trinajstić information content (AvgIpc) is 2.89. The Morgan fingerprint density at radius 1 is 1.35 bits per heavy atom. The van der Waals surface area contributed by atoms with E-state index in [4.69, 9.17) is 11.6 Å². The zero-order chi connectivity index (χ0) is 16.6. The number of piperidine rings is 1. The van der Waals surface area contributed by atoms with Crippen molar-refractivity contribution in [3.8, 4) is 17.3 Å². The number of hydrogen-bond acceptors (Lipinski definition) is 3. The summed E-state index contributed by atoms with van der Waals surface area (Å²) in [5, 5.41) is 13.8. The lowest BCUT2D eigenvalue weighted by Crippen LogP contribution is -2.30. The molecule has 1 fully saturated rings. The summed E-state index contributed by atoms with van der Waals surface area (Å²) in [7, 11) is 1.71. The van der Waals surface area contributed by atoms with Crippen LogP contribution < -0.4 is 4.90 Å². The van der Waals surface area contributed by atoms with Crippen molar-refractivity contribution in [3.63, 3.8) is 0 Å². The van der Waals surface area contributed by atoms with Crippen LogP contribution in [0.1, 0.15) is 24.8 Å². The summed E-state index contributed by atoms with van der Waals surface area (Å²) in [6.07, 6.45) is 4.88. The normalized spacial score (nSPS) is 14.8. The molecule has 0 saturated carbocycles. The van der Waals surface area contributed by atoms with Crippen molar-refractivity contribution in [1.82, 2.24) is 9.78 Å². The van der Waals surface area contributed by atoms with Crippen LogP contribution in [0, 0.1) is 17.1 Å². The molecule has 1 aliphatic rings. The van der Waals surface area contributed by atoms with Gasteiger partial charge in [0.1, 0.15) is 6.07 Å². The van der Waals surface area contributed by atoms with E-state index in [2.05, 4.69) is 32.0 Å². The molecule has 120 valence electrons. The van der Waals surface area contributed by atoms with Crippen molar-refractivity contribution in [2.24, 2.45) is 7.05 Å². The smallest absolute Gasteiger partial charge is 0.152 e. The van der Waals surface area contributed by atoms with Gasteiger partial charge in [-0.15, -0.1) is 0 Å². The van der Waals surface area contributed by atoms with Crippen molar-refractivity contribution in [1.29, 1.82) is 5.26 Å². The predicted molar refractivity (Wildman–Crippen MR) is 92.1 cm³/mol. The average molecular weight is 398 g/mol. The van der Waals surface area contributed by atoms with Crippen molar-refractivity contribution in [2.75, 3.05) is 18.0 Å². The van der Waals surface area contributed by atoms with E-state index >= 15 is 0 Å². The fraction of sp³-hybridized carbons (Fsp3) is 0.375. The maximum Gasteiger partial charge on any atom is 0.152 e. The third-order valence-electron chi connectivity index (χ3n) is 4.14. The molecule has 0 aliphatic carbocycles. The third-order valence-corrected chi connectivity index (χ3v) is 4.99.